The number of halogens is 1. The van der Waals surface area contributed by atoms with Crippen molar-refractivity contribution in [3.05, 3.63) is 75.4 Å². The molecule has 6 nitrogen and oxygen atoms in total. The number of unbranched alkanes of at least 4 members (excludes halogenated alkanes) is 2. The lowest BCUT2D eigenvalue weighted by Gasteiger charge is -2.27. The molecule has 0 N–H and O–H groups in total. The van der Waals surface area contributed by atoms with Crippen LogP contribution in [0.15, 0.2) is 51.7 Å². The summed E-state index contributed by atoms with van der Waals surface area (Å²) in [7, 11) is 0. The molecular weight excluding hydrogens is 437 g/mol. The first-order chi connectivity index (χ1) is 16.6. The molecular formula is C27H28FNO5. The number of carbonyl (C=O) groups excluding carboxylic acids is 1. The summed E-state index contributed by atoms with van der Waals surface area (Å²) in [5.74, 6) is -0.184. The lowest BCUT2D eigenvalue weighted by Crippen LogP contribution is -2.36. The second-order valence-electron chi connectivity index (χ2n) is 8.94. The van der Waals surface area contributed by atoms with Crippen LogP contribution in [0.3, 0.4) is 0 Å². The lowest BCUT2D eigenvalue weighted by molar-refractivity contribution is 0.0486. The second-order valence-corrected chi connectivity index (χ2v) is 8.94. The van der Waals surface area contributed by atoms with Gasteiger partial charge in [-0.2, -0.15) is 0 Å². The first kappa shape index (κ1) is 22.6. The highest BCUT2D eigenvalue weighted by Gasteiger charge is 2.44. The monoisotopic (exact) mass is 465 g/mol. The fraction of sp³-hybridized carbons (Fsp3) is 0.407. The molecule has 1 amide bonds. The van der Waals surface area contributed by atoms with Gasteiger partial charge in [-0.05, 0) is 55.2 Å². The van der Waals surface area contributed by atoms with Crippen molar-refractivity contribution in [1.82, 2.24) is 4.90 Å². The predicted molar refractivity (Wildman–Crippen MR) is 126 cm³/mol. The standard InChI is InChI=1S/C27H28FNO5/c1-2-3-4-12-32-19-8-5-7-17(14-19)24-23-25(30)21-15-18(28)10-11-22(21)34-26(23)27(31)29(24)16-20-9-6-13-33-20/h5,7-8,10-11,14-15,20,24H,2-4,6,9,12-13,16H2,1H3. The van der Waals surface area contributed by atoms with E-state index in [2.05, 4.69) is 6.92 Å². The molecule has 3 aromatic rings. The Kier molecular flexibility index (Phi) is 6.37. The molecule has 2 aromatic carbocycles. The number of rotatable bonds is 8. The Balaban J connectivity index is 1.58. The minimum atomic E-state index is -0.658. The molecule has 2 aliphatic heterocycles. The summed E-state index contributed by atoms with van der Waals surface area (Å²) in [5.41, 5.74) is 0.799. The molecule has 0 spiro atoms. The van der Waals surface area contributed by atoms with Crippen LogP contribution in [0.5, 0.6) is 5.75 Å². The number of ether oxygens (including phenoxy) is 2. The summed E-state index contributed by atoms with van der Waals surface area (Å²) in [4.78, 5) is 28.7. The van der Waals surface area contributed by atoms with Gasteiger partial charge in [-0.1, -0.05) is 31.9 Å². The highest BCUT2D eigenvalue weighted by molar-refractivity contribution is 5.99. The number of nitrogens with zero attached hydrogens (tertiary/aromatic N) is 1. The third-order valence-corrected chi connectivity index (χ3v) is 6.54. The van der Waals surface area contributed by atoms with E-state index in [0.29, 0.717) is 25.5 Å². The molecule has 0 bridgehead atoms. The van der Waals surface area contributed by atoms with Crippen molar-refractivity contribution in [3.63, 3.8) is 0 Å². The van der Waals surface area contributed by atoms with E-state index in [1.54, 1.807) is 4.90 Å². The van der Waals surface area contributed by atoms with E-state index in [9.17, 15) is 14.0 Å². The first-order valence-corrected chi connectivity index (χ1v) is 12.0. The molecule has 5 rings (SSSR count). The maximum absolute atomic E-state index is 13.9. The third-order valence-electron chi connectivity index (χ3n) is 6.54. The maximum Gasteiger partial charge on any atom is 0.291 e. The molecule has 1 fully saturated rings. The fourth-order valence-electron chi connectivity index (χ4n) is 4.85. The summed E-state index contributed by atoms with van der Waals surface area (Å²) in [6, 6.07) is 10.6. The zero-order valence-electron chi connectivity index (χ0n) is 19.2. The summed E-state index contributed by atoms with van der Waals surface area (Å²) < 4.78 is 31.6. The van der Waals surface area contributed by atoms with E-state index >= 15 is 0 Å². The summed E-state index contributed by atoms with van der Waals surface area (Å²) in [6.45, 7) is 3.74. The van der Waals surface area contributed by atoms with Crippen LogP contribution < -0.4 is 10.2 Å². The maximum atomic E-state index is 13.9. The van der Waals surface area contributed by atoms with Crippen molar-refractivity contribution in [2.24, 2.45) is 0 Å². The minimum Gasteiger partial charge on any atom is -0.494 e. The van der Waals surface area contributed by atoms with Crippen LogP contribution in [0, 0.1) is 5.82 Å². The molecule has 0 aliphatic carbocycles. The Hall–Kier alpha value is -3.19. The summed E-state index contributed by atoms with van der Waals surface area (Å²) >= 11 is 0. The van der Waals surface area contributed by atoms with Gasteiger partial charge in [-0.25, -0.2) is 4.39 Å². The molecule has 2 aliphatic rings. The Bertz CT molecular complexity index is 1260. The van der Waals surface area contributed by atoms with Gasteiger partial charge < -0.3 is 18.8 Å². The first-order valence-electron chi connectivity index (χ1n) is 12.0. The van der Waals surface area contributed by atoms with Crippen molar-refractivity contribution in [2.75, 3.05) is 19.8 Å². The molecule has 3 heterocycles. The van der Waals surface area contributed by atoms with Crippen molar-refractivity contribution in [3.8, 4) is 5.75 Å². The molecule has 2 unspecified atom stereocenters. The van der Waals surface area contributed by atoms with Crippen molar-refractivity contribution >= 4 is 16.9 Å². The van der Waals surface area contributed by atoms with Crippen LogP contribution in [-0.2, 0) is 4.74 Å². The SMILES string of the molecule is CCCCCOc1cccc(C2c3c(oc4ccc(F)cc4c3=O)C(=O)N2CC2CCCO2)c1. The molecule has 0 radical (unpaired) electrons. The molecule has 0 saturated carbocycles. The number of fused-ring (bicyclic) bond motifs is 2. The van der Waals surface area contributed by atoms with Gasteiger partial charge in [0.25, 0.3) is 5.91 Å². The van der Waals surface area contributed by atoms with Gasteiger partial charge in [0, 0.05) is 13.2 Å². The average molecular weight is 466 g/mol. The van der Waals surface area contributed by atoms with Gasteiger partial charge in [0.05, 0.1) is 29.7 Å². The van der Waals surface area contributed by atoms with E-state index < -0.39 is 17.3 Å². The molecule has 34 heavy (non-hydrogen) atoms. The minimum absolute atomic E-state index is 0.0152. The Morgan fingerprint density at radius 3 is 2.82 bits per heavy atom. The van der Waals surface area contributed by atoms with E-state index in [1.165, 1.54) is 18.2 Å². The van der Waals surface area contributed by atoms with E-state index in [0.717, 1.165) is 37.7 Å². The zero-order valence-corrected chi connectivity index (χ0v) is 19.2. The van der Waals surface area contributed by atoms with Crippen LogP contribution >= 0.6 is 0 Å². The highest BCUT2D eigenvalue weighted by atomic mass is 19.1. The highest BCUT2D eigenvalue weighted by Crippen LogP contribution is 2.39. The molecule has 178 valence electrons. The van der Waals surface area contributed by atoms with Crippen LogP contribution in [0.25, 0.3) is 11.0 Å². The van der Waals surface area contributed by atoms with Crippen molar-refractivity contribution < 1.29 is 23.1 Å². The Morgan fingerprint density at radius 1 is 1.15 bits per heavy atom. The van der Waals surface area contributed by atoms with Crippen molar-refractivity contribution in [1.29, 1.82) is 0 Å². The number of amides is 1. The molecule has 1 saturated heterocycles. The summed E-state index contributed by atoms with van der Waals surface area (Å²) in [6.07, 6.45) is 4.83. The van der Waals surface area contributed by atoms with E-state index in [4.69, 9.17) is 13.9 Å². The zero-order chi connectivity index (χ0) is 23.7. The summed E-state index contributed by atoms with van der Waals surface area (Å²) in [5, 5.41) is 0.127. The lowest BCUT2D eigenvalue weighted by atomic mass is 9.98. The third kappa shape index (κ3) is 4.20. The van der Waals surface area contributed by atoms with Gasteiger partial charge in [-0.3, -0.25) is 9.59 Å². The van der Waals surface area contributed by atoms with Crippen LogP contribution in [0.1, 0.15) is 66.8 Å². The number of carbonyl (C=O) groups is 1. The number of hydrogen-bond donors (Lipinski definition) is 0. The van der Waals surface area contributed by atoms with Gasteiger partial charge in [0.1, 0.15) is 17.1 Å². The molecule has 2 atom stereocenters. The normalized spacial score (nSPS) is 19.7. The van der Waals surface area contributed by atoms with Gasteiger partial charge in [0.2, 0.25) is 5.76 Å². The van der Waals surface area contributed by atoms with Gasteiger partial charge in [0.15, 0.2) is 5.43 Å². The van der Waals surface area contributed by atoms with Crippen LogP contribution in [-0.4, -0.2) is 36.7 Å². The van der Waals surface area contributed by atoms with E-state index in [-0.39, 0.29) is 34.3 Å². The predicted octanol–water partition coefficient (Wildman–Crippen LogP) is 5.23. The second kappa shape index (κ2) is 9.58. The van der Waals surface area contributed by atoms with E-state index in [1.807, 2.05) is 24.3 Å². The average Bonchev–Trinajstić information content (AvgIpc) is 3.45. The quantitative estimate of drug-likeness (QED) is 0.427. The number of benzene rings is 2. The topological polar surface area (TPSA) is 69.0 Å². The fourth-order valence-corrected chi connectivity index (χ4v) is 4.85. The van der Waals surface area contributed by atoms with Gasteiger partial charge in [-0.15, -0.1) is 0 Å². The van der Waals surface area contributed by atoms with Gasteiger partial charge >= 0.3 is 0 Å². The number of hydrogen-bond acceptors (Lipinski definition) is 5. The van der Waals surface area contributed by atoms with Crippen LogP contribution in [0.4, 0.5) is 4.39 Å². The smallest absolute Gasteiger partial charge is 0.291 e. The van der Waals surface area contributed by atoms with Crippen molar-refractivity contribution in [2.45, 2.75) is 51.2 Å². The van der Waals surface area contributed by atoms with Crippen LogP contribution in [0.2, 0.25) is 0 Å². The Labute approximate surface area is 197 Å². The largest absolute Gasteiger partial charge is 0.494 e. The Morgan fingerprint density at radius 2 is 2.03 bits per heavy atom. The molecule has 7 heteroatoms. The molecule has 1 aromatic heterocycles.